The summed E-state index contributed by atoms with van der Waals surface area (Å²) < 4.78 is 1.68. The summed E-state index contributed by atoms with van der Waals surface area (Å²) in [5, 5.41) is 5.05. The largest absolute Gasteiger partial charge is 0.335 e. The minimum atomic E-state index is -0.0849. The van der Waals surface area contributed by atoms with Crippen molar-refractivity contribution in [1.82, 2.24) is 19.7 Å². The quantitative estimate of drug-likeness (QED) is 0.846. The monoisotopic (exact) mass is 336 g/mol. The van der Waals surface area contributed by atoms with E-state index < -0.39 is 0 Å². The van der Waals surface area contributed by atoms with E-state index in [0.29, 0.717) is 10.8 Å². The first-order valence-electron chi connectivity index (χ1n) is 7.22. The van der Waals surface area contributed by atoms with Crippen LogP contribution >= 0.6 is 23.4 Å². The molecule has 0 unspecified atom stereocenters. The Hall–Kier alpha value is -1.53. The molecule has 1 saturated heterocycles. The average Bonchev–Trinajstić information content (AvgIpc) is 2.74. The molecule has 3 rings (SSSR count). The first-order valence-corrected chi connectivity index (χ1v) is 8.75. The number of aryl methyl sites for hydroxylation is 1. The Kier molecular flexibility index (Phi) is 4.69. The van der Waals surface area contributed by atoms with E-state index in [1.165, 1.54) is 0 Å². The van der Waals surface area contributed by atoms with Crippen LogP contribution in [0.1, 0.15) is 22.9 Å². The number of benzene rings is 1. The van der Waals surface area contributed by atoms with Crippen LogP contribution in [0.3, 0.4) is 0 Å². The molecular weight excluding hydrogens is 320 g/mol. The molecule has 1 aromatic carbocycles. The number of carbonyl (C=O) groups is 1. The lowest BCUT2D eigenvalue weighted by Crippen LogP contribution is -2.33. The topological polar surface area (TPSA) is 51.0 Å². The van der Waals surface area contributed by atoms with Gasteiger partial charge < -0.3 is 4.90 Å². The molecule has 0 spiro atoms. The van der Waals surface area contributed by atoms with E-state index >= 15 is 0 Å². The number of amides is 1. The molecule has 2 aromatic rings. The highest BCUT2D eigenvalue weighted by molar-refractivity contribution is 7.99. The molecule has 0 atom stereocenters. The SMILES string of the molecule is Cc1nc(C(=O)N2CCCSCC2)nn1-c1ccc(Cl)cc1. The number of hydrogen-bond donors (Lipinski definition) is 0. The van der Waals surface area contributed by atoms with E-state index in [4.69, 9.17) is 11.6 Å². The lowest BCUT2D eigenvalue weighted by molar-refractivity contribution is 0.0756. The van der Waals surface area contributed by atoms with Crippen LogP contribution in [-0.2, 0) is 0 Å². The van der Waals surface area contributed by atoms with Crippen molar-refractivity contribution in [1.29, 1.82) is 0 Å². The van der Waals surface area contributed by atoms with Crippen molar-refractivity contribution in [3.8, 4) is 5.69 Å². The molecule has 116 valence electrons. The predicted molar refractivity (Wildman–Crippen MR) is 89.0 cm³/mol. The molecule has 1 fully saturated rings. The minimum Gasteiger partial charge on any atom is -0.335 e. The van der Waals surface area contributed by atoms with Crippen molar-refractivity contribution < 1.29 is 4.79 Å². The van der Waals surface area contributed by atoms with Gasteiger partial charge in [0.15, 0.2) is 0 Å². The van der Waals surface area contributed by atoms with Crippen molar-refractivity contribution in [3.63, 3.8) is 0 Å². The van der Waals surface area contributed by atoms with Gasteiger partial charge in [0.1, 0.15) is 5.82 Å². The molecule has 2 heterocycles. The lowest BCUT2D eigenvalue weighted by atomic mass is 10.3. The summed E-state index contributed by atoms with van der Waals surface area (Å²) in [7, 11) is 0. The van der Waals surface area contributed by atoms with Gasteiger partial charge >= 0.3 is 0 Å². The summed E-state index contributed by atoms with van der Waals surface area (Å²) >= 11 is 7.79. The summed E-state index contributed by atoms with van der Waals surface area (Å²) in [4.78, 5) is 18.7. The molecule has 0 saturated carbocycles. The van der Waals surface area contributed by atoms with Crippen molar-refractivity contribution in [2.45, 2.75) is 13.3 Å². The summed E-state index contributed by atoms with van der Waals surface area (Å²) in [6.07, 6.45) is 1.02. The molecule has 0 radical (unpaired) electrons. The van der Waals surface area contributed by atoms with E-state index in [1.54, 1.807) is 16.8 Å². The van der Waals surface area contributed by atoms with Gasteiger partial charge in [-0.3, -0.25) is 4.79 Å². The second-order valence-corrected chi connectivity index (χ2v) is 6.79. The Morgan fingerprint density at radius 3 is 2.77 bits per heavy atom. The number of carbonyl (C=O) groups excluding carboxylic acids is 1. The minimum absolute atomic E-state index is 0.0849. The fourth-order valence-electron chi connectivity index (χ4n) is 2.40. The Bertz CT molecular complexity index is 663. The molecule has 0 bridgehead atoms. The van der Waals surface area contributed by atoms with Gasteiger partial charge in [0.25, 0.3) is 5.91 Å². The van der Waals surface area contributed by atoms with E-state index in [9.17, 15) is 4.79 Å². The molecule has 1 aliphatic rings. The molecule has 0 N–H and O–H groups in total. The van der Waals surface area contributed by atoms with Crippen LogP contribution in [0.15, 0.2) is 24.3 Å². The van der Waals surface area contributed by atoms with E-state index in [0.717, 1.165) is 36.7 Å². The summed E-state index contributed by atoms with van der Waals surface area (Å²) in [5.41, 5.74) is 0.847. The van der Waals surface area contributed by atoms with Crippen LogP contribution in [0.25, 0.3) is 5.69 Å². The van der Waals surface area contributed by atoms with E-state index in [2.05, 4.69) is 10.1 Å². The molecule has 1 aromatic heterocycles. The molecule has 1 aliphatic heterocycles. The van der Waals surface area contributed by atoms with Gasteiger partial charge in [-0.2, -0.15) is 11.8 Å². The van der Waals surface area contributed by atoms with Crippen molar-refractivity contribution in [3.05, 3.63) is 40.9 Å². The highest BCUT2D eigenvalue weighted by Gasteiger charge is 2.22. The normalized spacial score (nSPS) is 15.6. The van der Waals surface area contributed by atoms with Gasteiger partial charge in [-0.15, -0.1) is 5.10 Å². The Labute approximate surface area is 138 Å². The maximum atomic E-state index is 12.6. The smallest absolute Gasteiger partial charge is 0.293 e. The number of rotatable bonds is 2. The van der Waals surface area contributed by atoms with Gasteiger partial charge in [0, 0.05) is 23.9 Å². The van der Waals surface area contributed by atoms with Crippen LogP contribution in [0, 0.1) is 6.92 Å². The standard InChI is InChI=1S/C15H17ClN4OS/c1-11-17-14(15(21)19-7-2-9-22-10-8-19)18-20(11)13-5-3-12(16)4-6-13/h3-6H,2,7-10H2,1H3. The van der Waals surface area contributed by atoms with Crippen molar-refractivity contribution in [2.24, 2.45) is 0 Å². The molecular formula is C15H17ClN4OS. The van der Waals surface area contributed by atoms with Gasteiger partial charge in [-0.05, 0) is 43.4 Å². The van der Waals surface area contributed by atoms with Gasteiger partial charge in [0.2, 0.25) is 5.82 Å². The Morgan fingerprint density at radius 2 is 2.00 bits per heavy atom. The summed E-state index contributed by atoms with van der Waals surface area (Å²) in [6, 6.07) is 7.32. The van der Waals surface area contributed by atoms with Gasteiger partial charge in [0.05, 0.1) is 5.69 Å². The molecule has 22 heavy (non-hydrogen) atoms. The van der Waals surface area contributed by atoms with Crippen LogP contribution < -0.4 is 0 Å². The zero-order chi connectivity index (χ0) is 15.5. The van der Waals surface area contributed by atoms with Crippen molar-refractivity contribution >= 4 is 29.3 Å². The fraction of sp³-hybridized carbons (Fsp3) is 0.400. The molecule has 7 heteroatoms. The lowest BCUT2D eigenvalue weighted by Gasteiger charge is -2.17. The number of aromatic nitrogens is 3. The summed E-state index contributed by atoms with van der Waals surface area (Å²) in [6.45, 7) is 3.38. The maximum absolute atomic E-state index is 12.6. The van der Waals surface area contributed by atoms with Gasteiger partial charge in [-0.25, -0.2) is 9.67 Å². The predicted octanol–water partition coefficient (Wildman–Crippen LogP) is 2.81. The highest BCUT2D eigenvalue weighted by Crippen LogP contribution is 2.16. The second kappa shape index (κ2) is 6.71. The molecule has 1 amide bonds. The summed E-state index contributed by atoms with van der Waals surface area (Å²) in [5.74, 6) is 2.95. The second-order valence-electron chi connectivity index (χ2n) is 5.13. The number of hydrogen-bond acceptors (Lipinski definition) is 4. The highest BCUT2D eigenvalue weighted by atomic mass is 35.5. The number of nitrogens with zero attached hydrogens (tertiary/aromatic N) is 4. The third-order valence-electron chi connectivity index (χ3n) is 3.54. The van der Waals surface area contributed by atoms with Crippen LogP contribution in [-0.4, -0.2) is 50.2 Å². The first kappa shape index (κ1) is 15.4. The fourth-order valence-corrected chi connectivity index (χ4v) is 3.41. The number of halogens is 1. The maximum Gasteiger partial charge on any atom is 0.293 e. The Balaban J connectivity index is 1.84. The van der Waals surface area contributed by atoms with Crippen LogP contribution in [0.4, 0.5) is 0 Å². The molecule has 0 aliphatic carbocycles. The zero-order valence-corrected chi connectivity index (χ0v) is 13.9. The third-order valence-corrected chi connectivity index (χ3v) is 4.84. The molecule has 5 nitrogen and oxygen atoms in total. The van der Waals surface area contributed by atoms with Crippen LogP contribution in [0.2, 0.25) is 5.02 Å². The van der Waals surface area contributed by atoms with E-state index in [1.807, 2.05) is 35.7 Å². The average molecular weight is 337 g/mol. The number of thioether (sulfide) groups is 1. The van der Waals surface area contributed by atoms with Gasteiger partial charge in [-0.1, -0.05) is 11.6 Å². The first-order chi connectivity index (χ1) is 10.6. The third kappa shape index (κ3) is 3.28. The van der Waals surface area contributed by atoms with Crippen molar-refractivity contribution in [2.75, 3.05) is 24.6 Å². The Morgan fingerprint density at radius 1 is 1.23 bits per heavy atom. The van der Waals surface area contributed by atoms with E-state index in [-0.39, 0.29) is 11.7 Å². The van der Waals surface area contributed by atoms with Crippen LogP contribution in [0.5, 0.6) is 0 Å². The zero-order valence-electron chi connectivity index (χ0n) is 12.3.